The molecule has 0 saturated carbocycles. The lowest BCUT2D eigenvalue weighted by Gasteiger charge is -2.08. The minimum absolute atomic E-state index is 0.105. The van der Waals surface area contributed by atoms with Gasteiger partial charge in [0.2, 0.25) is 5.75 Å². The summed E-state index contributed by atoms with van der Waals surface area (Å²) in [5.74, 6) is 0.231. The van der Waals surface area contributed by atoms with E-state index >= 15 is 0 Å². The third-order valence-electron chi connectivity index (χ3n) is 3.92. The average molecular weight is 274 g/mol. The molecule has 0 unspecified atom stereocenters. The van der Waals surface area contributed by atoms with Crippen molar-refractivity contribution in [3.63, 3.8) is 0 Å². The fourth-order valence-electron chi connectivity index (χ4n) is 3.17. The van der Waals surface area contributed by atoms with Gasteiger partial charge < -0.3 is 9.30 Å². The van der Waals surface area contributed by atoms with Gasteiger partial charge in [0, 0.05) is 17.8 Å². The normalized spacial score (nSPS) is 13.5. The number of aromatic nitrogens is 1. The minimum atomic E-state index is -0.461. The van der Waals surface area contributed by atoms with Gasteiger partial charge in [-0.1, -0.05) is 0 Å². The SMILES string of the molecule is COc1c(C)cc2c(c(C=O)c3n2CCC3)c1[N+](=O)[O-]. The smallest absolute Gasteiger partial charge is 0.321 e. The molecule has 1 aliphatic rings. The number of fused-ring (bicyclic) bond motifs is 3. The lowest BCUT2D eigenvalue weighted by atomic mass is 10.0. The first kappa shape index (κ1) is 12.7. The molecule has 20 heavy (non-hydrogen) atoms. The highest BCUT2D eigenvalue weighted by atomic mass is 16.6. The van der Waals surface area contributed by atoms with Crippen LogP contribution in [0.4, 0.5) is 5.69 Å². The topological polar surface area (TPSA) is 74.4 Å². The number of carbonyl (C=O) groups excluding carboxylic acids is 1. The van der Waals surface area contributed by atoms with E-state index in [1.807, 2.05) is 10.6 Å². The van der Waals surface area contributed by atoms with Crippen molar-refractivity contribution in [3.8, 4) is 5.75 Å². The highest BCUT2D eigenvalue weighted by molar-refractivity contribution is 6.06. The molecule has 3 rings (SSSR count). The molecule has 0 N–H and O–H groups in total. The van der Waals surface area contributed by atoms with E-state index in [0.717, 1.165) is 36.9 Å². The summed E-state index contributed by atoms with van der Waals surface area (Å²) in [4.78, 5) is 22.4. The summed E-state index contributed by atoms with van der Waals surface area (Å²) in [6.07, 6.45) is 2.47. The van der Waals surface area contributed by atoms with Crippen LogP contribution in [-0.2, 0) is 13.0 Å². The van der Waals surface area contributed by atoms with Crippen LogP contribution in [0.25, 0.3) is 10.9 Å². The third-order valence-corrected chi connectivity index (χ3v) is 3.92. The second-order valence-corrected chi connectivity index (χ2v) is 4.96. The fourth-order valence-corrected chi connectivity index (χ4v) is 3.17. The van der Waals surface area contributed by atoms with E-state index in [2.05, 4.69) is 0 Å². The van der Waals surface area contributed by atoms with Crippen LogP contribution in [-0.4, -0.2) is 22.9 Å². The van der Waals surface area contributed by atoms with Crippen LogP contribution in [0.15, 0.2) is 6.07 Å². The van der Waals surface area contributed by atoms with Gasteiger partial charge in [0.05, 0.1) is 28.5 Å². The van der Waals surface area contributed by atoms with Gasteiger partial charge in [-0.3, -0.25) is 14.9 Å². The van der Waals surface area contributed by atoms with Crippen LogP contribution in [0.3, 0.4) is 0 Å². The van der Waals surface area contributed by atoms with Crippen LogP contribution >= 0.6 is 0 Å². The first-order valence-electron chi connectivity index (χ1n) is 6.42. The summed E-state index contributed by atoms with van der Waals surface area (Å²) in [6, 6.07) is 1.86. The lowest BCUT2D eigenvalue weighted by molar-refractivity contribution is -0.384. The quantitative estimate of drug-likeness (QED) is 0.490. The Bertz CT molecular complexity index is 746. The maximum atomic E-state index is 11.4. The number of aldehydes is 1. The summed E-state index contributed by atoms with van der Waals surface area (Å²) in [7, 11) is 1.41. The van der Waals surface area contributed by atoms with Gasteiger partial charge in [-0.15, -0.1) is 0 Å². The number of nitrogens with zero attached hydrogens (tertiary/aromatic N) is 2. The Morgan fingerprint density at radius 2 is 2.25 bits per heavy atom. The van der Waals surface area contributed by atoms with Gasteiger partial charge in [-0.2, -0.15) is 0 Å². The van der Waals surface area contributed by atoms with E-state index in [9.17, 15) is 14.9 Å². The Labute approximate surface area is 115 Å². The van der Waals surface area contributed by atoms with E-state index in [1.165, 1.54) is 7.11 Å². The monoisotopic (exact) mass is 274 g/mol. The molecule has 0 fully saturated rings. The Morgan fingerprint density at radius 3 is 2.85 bits per heavy atom. The molecule has 6 nitrogen and oxygen atoms in total. The first-order valence-corrected chi connectivity index (χ1v) is 6.42. The summed E-state index contributed by atoms with van der Waals surface area (Å²) in [6.45, 7) is 2.57. The van der Waals surface area contributed by atoms with Crippen molar-refractivity contribution in [2.24, 2.45) is 0 Å². The van der Waals surface area contributed by atoms with Crippen molar-refractivity contribution < 1.29 is 14.5 Å². The maximum Gasteiger partial charge on any atom is 0.321 e. The number of hydrogen-bond donors (Lipinski definition) is 0. The summed E-state index contributed by atoms with van der Waals surface area (Å²) < 4.78 is 7.19. The molecule has 1 aromatic carbocycles. The van der Waals surface area contributed by atoms with Gasteiger partial charge in [-0.05, 0) is 25.8 Å². The Hall–Kier alpha value is -2.37. The molecule has 2 heterocycles. The zero-order valence-corrected chi connectivity index (χ0v) is 11.3. The standard InChI is InChI=1S/C14H14N2O4/c1-8-6-11-12(13(16(18)19)14(8)20-2)9(7-17)10-4-3-5-15(10)11/h6-7H,3-5H2,1-2H3. The minimum Gasteiger partial charge on any atom is -0.490 e. The molecule has 104 valence electrons. The highest BCUT2D eigenvalue weighted by Crippen LogP contribution is 2.43. The van der Waals surface area contributed by atoms with Crippen LogP contribution in [0, 0.1) is 17.0 Å². The molecule has 0 aliphatic carbocycles. The predicted octanol–water partition coefficient (Wildman–Crippen LogP) is 2.63. The number of aryl methyl sites for hydroxylation is 2. The van der Waals surface area contributed by atoms with Crippen LogP contribution in [0.5, 0.6) is 5.75 Å². The molecule has 0 atom stereocenters. The number of carbonyl (C=O) groups is 1. The van der Waals surface area contributed by atoms with Crippen molar-refractivity contribution in [2.45, 2.75) is 26.3 Å². The summed E-state index contributed by atoms with van der Waals surface area (Å²) >= 11 is 0. The summed E-state index contributed by atoms with van der Waals surface area (Å²) in [5, 5.41) is 11.8. The Balaban J connectivity index is 2.54. The van der Waals surface area contributed by atoms with Gasteiger partial charge in [-0.25, -0.2) is 0 Å². The van der Waals surface area contributed by atoms with E-state index < -0.39 is 4.92 Å². The van der Waals surface area contributed by atoms with E-state index in [-0.39, 0.29) is 11.4 Å². The molecule has 2 aromatic rings. The van der Waals surface area contributed by atoms with Crippen LogP contribution in [0.1, 0.15) is 28.0 Å². The second kappa shape index (κ2) is 4.33. The van der Waals surface area contributed by atoms with Crippen LogP contribution < -0.4 is 4.74 Å². The number of ether oxygens (including phenoxy) is 1. The maximum absolute atomic E-state index is 11.4. The summed E-state index contributed by atoms with van der Waals surface area (Å²) in [5.41, 5.74) is 2.68. The number of rotatable bonds is 3. The van der Waals surface area contributed by atoms with Crippen molar-refractivity contribution in [1.82, 2.24) is 4.57 Å². The first-order chi connectivity index (χ1) is 9.60. The molecule has 0 bridgehead atoms. The Kier molecular flexibility index (Phi) is 2.74. The third kappa shape index (κ3) is 1.47. The van der Waals surface area contributed by atoms with Crippen molar-refractivity contribution in [3.05, 3.63) is 33.0 Å². The van der Waals surface area contributed by atoms with Gasteiger partial charge in [0.15, 0.2) is 6.29 Å². The molecule has 0 radical (unpaired) electrons. The molecular weight excluding hydrogens is 260 g/mol. The Morgan fingerprint density at radius 1 is 1.50 bits per heavy atom. The number of methoxy groups -OCH3 is 1. The van der Waals surface area contributed by atoms with Gasteiger partial charge in [0.1, 0.15) is 0 Å². The van der Waals surface area contributed by atoms with Gasteiger partial charge in [0.25, 0.3) is 0 Å². The van der Waals surface area contributed by atoms with Crippen molar-refractivity contribution in [1.29, 1.82) is 0 Å². The zero-order valence-electron chi connectivity index (χ0n) is 11.3. The second-order valence-electron chi connectivity index (χ2n) is 4.96. The van der Waals surface area contributed by atoms with E-state index in [4.69, 9.17) is 4.74 Å². The lowest BCUT2D eigenvalue weighted by Crippen LogP contribution is -1.99. The molecule has 6 heteroatoms. The van der Waals surface area contributed by atoms with Crippen molar-refractivity contribution in [2.75, 3.05) is 7.11 Å². The fraction of sp³-hybridized carbons (Fsp3) is 0.357. The number of nitro groups is 1. The van der Waals surface area contributed by atoms with Crippen molar-refractivity contribution >= 4 is 22.9 Å². The number of hydrogen-bond acceptors (Lipinski definition) is 4. The molecule has 1 aliphatic heterocycles. The molecule has 0 spiro atoms. The van der Waals surface area contributed by atoms with E-state index in [0.29, 0.717) is 16.5 Å². The predicted molar refractivity (Wildman–Crippen MR) is 73.6 cm³/mol. The molecular formula is C14H14N2O4. The number of benzene rings is 1. The van der Waals surface area contributed by atoms with Gasteiger partial charge >= 0.3 is 5.69 Å². The van der Waals surface area contributed by atoms with E-state index in [1.54, 1.807) is 6.92 Å². The molecule has 0 amide bonds. The molecule has 0 saturated heterocycles. The largest absolute Gasteiger partial charge is 0.490 e. The highest BCUT2D eigenvalue weighted by Gasteiger charge is 2.31. The average Bonchev–Trinajstić information content (AvgIpc) is 2.97. The zero-order chi connectivity index (χ0) is 14.4. The number of nitro benzene ring substituents is 1. The van der Waals surface area contributed by atoms with Crippen LogP contribution in [0.2, 0.25) is 0 Å². The molecule has 1 aromatic heterocycles.